The Kier molecular flexibility index (Phi) is 2.20. The lowest BCUT2D eigenvalue weighted by atomic mass is 9.98. The van der Waals surface area contributed by atoms with Gasteiger partial charge in [0.2, 0.25) is 0 Å². The Morgan fingerprint density at radius 1 is 0.778 bits per heavy atom. The van der Waals surface area contributed by atoms with Crippen molar-refractivity contribution in [1.82, 2.24) is 0 Å². The molecule has 4 rings (SSSR count). The third kappa shape index (κ3) is 1.35. The zero-order valence-corrected chi connectivity index (χ0v) is 11.1. The van der Waals surface area contributed by atoms with E-state index in [9.17, 15) is 0 Å². The molecular formula is C16H9ClS. The summed E-state index contributed by atoms with van der Waals surface area (Å²) in [6.07, 6.45) is 0. The molecule has 18 heavy (non-hydrogen) atoms. The third-order valence-corrected chi connectivity index (χ3v) is 4.97. The van der Waals surface area contributed by atoms with E-state index in [1.807, 2.05) is 12.1 Å². The van der Waals surface area contributed by atoms with Crippen molar-refractivity contribution >= 4 is 34.1 Å². The highest BCUT2D eigenvalue weighted by Gasteiger charge is 2.20. The fourth-order valence-electron chi connectivity index (χ4n) is 2.55. The Morgan fingerprint density at radius 2 is 1.50 bits per heavy atom. The molecule has 0 nitrogen and oxygen atoms in total. The van der Waals surface area contributed by atoms with Gasteiger partial charge in [-0.1, -0.05) is 65.8 Å². The first kappa shape index (κ1) is 10.5. The molecule has 0 radical (unpaired) electrons. The summed E-state index contributed by atoms with van der Waals surface area (Å²) in [6, 6.07) is 19.0. The fraction of sp³-hybridized carbons (Fsp3) is 0. The lowest BCUT2D eigenvalue weighted by Gasteiger charge is -2.20. The van der Waals surface area contributed by atoms with E-state index in [-0.39, 0.29) is 0 Å². The van der Waals surface area contributed by atoms with Crippen LogP contribution < -0.4 is 0 Å². The average molecular weight is 269 g/mol. The number of hydrogen-bond acceptors (Lipinski definition) is 1. The summed E-state index contributed by atoms with van der Waals surface area (Å²) in [5.74, 6) is 0. The van der Waals surface area contributed by atoms with Crippen LogP contribution in [-0.2, 0) is 0 Å². The van der Waals surface area contributed by atoms with Gasteiger partial charge in [-0.3, -0.25) is 0 Å². The largest absolute Gasteiger partial charge is 0.0872 e. The molecule has 0 spiro atoms. The van der Waals surface area contributed by atoms with Gasteiger partial charge in [-0.2, -0.15) is 0 Å². The molecule has 0 aliphatic carbocycles. The quantitative estimate of drug-likeness (QED) is 0.399. The Morgan fingerprint density at radius 3 is 2.39 bits per heavy atom. The first-order chi connectivity index (χ1) is 8.84. The number of rotatable bonds is 0. The van der Waals surface area contributed by atoms with Crippen LogP contribution >= 0.6 is 23.4 Å². The van der Waals surface area contributed by atoms with Gasteiger partial charge in [-0.05, 0) is 28.6 Å². The summed E-state index contributed by atoms with van der Waals surface area (Å²) in [4.78, 5) is 2.47. The first-order valence-electron chi connectivity index (χ1n) is 5.83. The van der Waals surface area contributed by atoms with Gasteiger partial charge in [0.05, 0.1) is 5.02 Å². The van der Waals surface area contributed by atoms with E-state index >= 15 is 0 Å². The zero-order valence-electron chi connectivity index (χ0n) is 9.48. The van der Waals surface area contributed by atoms with Crippen LogP contribution in [0.5, 0.6) is 0 Å². The van der Waals surface area contributed by atoms with Gasteiger partial charge in [0, 0.05) is 15.2 Å². The predicted molar refractivity (Wildman–Crippen MR) is 78.5 cm³/mol. The van der Waals surface area contributed by atoms with Crippen LogP contribution in [-0.4, -0.2) is 0 Å². The molecule has 86 valence electrons. The SMILES string of the molecule is Clc1cccc2c1Sc1cccc3cccc-2c13. The molecule has 1 aliphatic heterocycles. The molecule has 1 heterocycles. The van der Waals surface area contributed by atoms with Gasteiger partial charge in [0.1, 0.15) is 0 Å². The van der Waals surface area contributed by atoms with Crippen LogP contribution in [0.25, 0.3) is 21.9 Å². The normalized spacial score (nSPS) is 12.5. The molecule has 3 aromatic rings. The number of halogens is 1. The van der Waals surface area contributed by atoms with Gasteiger partial charge in [-0.15, -0.1) is 0 Å². The Hall–Kier alpha value is -1.44. The van der Waals surface area contributed by atoms with Crippen molar-refractivity contribution in [3.05, 3.63) is 59.6 Å². The van der Waals surface area contributed by atoms with E-state index < -0.39 is 0 Å². The minimum absolute atomic E-state index is 0.837. The van der Waals surface area contributed by atoms with E-state index in [2.05, 4.69) is 42.5 Å². The molecule has 0 fully saturated rings. The second kappa shape index (κ2) is 3.78. The lowest BCUT2D eigenvalue weighted by molar-refractivity contribution is 1.40. The van der Waals surface area contributed by atoms with Gasteiger partial charge in [0.15, 0.2) is 0 Å². The molecule has 0 N–H and O–H groups in total. The average Bonchev–Trinajstić information content (AvgIpc) is 2.41. The Bertz CT molecular complexity index is 772. The van der Waals surface area contributed by atoms with Crippen molar-refractivity contribution in [1.29, 1.82) is 0 Å². The number of benzene rings is 3. The molecular weight excluding hydrogens is 260 g/mol. The summed E-state index contributed by atoms with van der Waals surface area (Å²) in [7, 11) is 0. The number of fused-ring (bicyclic) bond motifs is 2. The predicted octanol–water partition coefficient (Wildman–Crippen LogP) is 5.62. The Balaban J connectivity index is 2.21. The summed E-state index contributed by atoms with van der Waals surface area (Å²) < 4.78 is 0. The molecule has 0 saturated carbocycles. The third-order valence-electron chi connectivity index (χ3n) is 3.34. The van der Waals surface area contributed by atoms with Crippen LogP contribution in [0.3, 0.4) is 0 Å². The summed E-state index contributed by atoms with van der Waals surface area (Å²) in [5, 5.41) is 3.48. The van der Waals surface area contributed by atoms with Crippen LogP contribution in [0, 0.1) is 0 Å². The Labute approximate surface area is 115 Å². The second-order valence-electron chi connectivity index (χ2n) is 4.38. The fourth-order valence-corrected chi connectivity index (χ4v) is 3.99. The molecule has 0 atom stereocenters. The second-order valence-corrected chi connectivity index (χ2v) is 5.84. The van der Waals surface area contributed by atoms with E-state index in [4.69, 9.17) is 11.6 Å². The van der Waals surface area contributed by atoms with Crippen LogP contribution in [0.2, 0.25) is 5.02 Å². The highest BCUT2D eigenvalue weighted by atomic mass is 35.5. The van der Waals surface area contributed by atoms with Gasteiger partial charge in [0.25, 0.3) is 0 Å². The molecule has 1 aliphatic rings. The summed E-state index contributed by atoms with van der Waals surface area (Å²) in [6.45, 7) is 0. The van der Waals surface area contributed by atoms with Crippen LogP contribution in [0.15, 0.2) is 64.4 Å². The van der Waals surface area contributed by atoms with Crippen molar-refractivity contribution in [2.75, 3.05) is 0 Å². The maximum absolute atomic E-state index is 6.32. The molecule has 0 amide bonds. The first-order valence-corrected chi connectivity index (χ1v) is 7.02. The van der Waals surface area contributed by atoms with Crippen molar-refractivity contribution in [2.45, 2.75) is 9.79 Å². The van der Waals surface area contributed by atoms with Crippen LogP contribution in [0.4, 0.5) is 0 Å². The van der Waals surface area contributed by atoms with Gasteiger partial charge >= 0.3 is 0 Å². The maximum atomic E-state index is 6.32. The van der Waals surface area contributed by atoms with Crippen molar-refractivity contribution < 1.29 is 0 Å². The van der Waals surface area contributed by atoms with E-state index in [0.717, 1.165) is 5.02 Å². The van der Waals surface area contributed by atoms with E-state index in [1.54, 1.807) is 11.8 Å². The van der Waals surface area contributed by atoms with Crippen LogP contribution in [0.1, 0.15) is 0 Å². The summed E-state index contributed by atoms with van der Waals surface area (Å²) in [5.41, 5.74) is 2.54. The van der Waals surface area contributed by atoms with E-state index in [1.165, 1.54) is 31.7 Å². The molecule has 0 saturated heterocycles. The topological polar surface area (TPSA) is 0 Å². The molecule has 0 aromatic heterocycles. The van der Waals surface area contributed by atoms with E-state index in [0.29, 0.717) is 0 Å². The highest BCUT2D eigenvalue weighted by molar-refractivity contribution is 8.00. The monoisotopic (exact) mass is 268 g/mol. The molecule has 2 heteroatoms. The standard InChI is InChI=1S/C16H9ClS/c17-13-8-3-7-12-11-6-1-4-10-5-2-9-14(15(10)11)18-16(12)13/h1-9H. The molecule has 3 aromatic carbocycles. The smallest absolute Gasteiger partial charge is 0.0551 e. The summed E-state index contributed by atoms with van der Waals surface area (Å²) >= 11 is 8.09. The number of hydrogen-bond donors (Lipinski definition) is 0. The zero-order chi connectivity index (χ0) is 12.1. The van der Waals surface area contributed by atoms with Gasteiger partial charge < -0.3 is 0 Å². The maximum Gasteiger partial charge on any atom is 0.0551 e. The van der Waals surface area contributed by atoms with Crippen molar-refractivity contribution in [2.24, 2.45) is 0 Å². The van der Waals surface area contributed by atoms with Crippen molar-refractivity contribution in [3.8, 4) is 11.1 Å². The minimum atomic E-state index is 0.837. The minimum Gasteiger partial charge on any atom is -0.0872 e. The molecule has 0 unspecified atom stereocenters. The molecule has 0 bridgehead atoms. The lowest BCUT2D eigenvalue weighted by Crippen LogP contribution is -1.92. The van der Waals surface area contributed by atoms with Gasteiger partial charge in [-0.25, -0.2) is 0 Å². The highest BCUT2D eigenvalue weighted by Crippen LogP contribution is 2.49. The van der Waals surface area contributed by atoms with Crippen molar-refractivity contribution in [3.63, 3.8) is 0 Å².